The van der Waals surface area contributed by atoms with E-state index in [2.05, 4.69) is 18.5 Å². The number of hydrogen-bond donors (Lipinski definition) is 1. The van der Waals surface area contributed by atoms with Crippen LogP contribution in [0.3, 0.4) is 0 Å². The molecule has 0 aliphatic heterocycles. The van der Waals surface area contributed by atoms with Gasteiger partial charge in [0, 0.05) is 36.3 Å². The number of hydrogen-bond acceptors (Lipinski definition) is 3. The van der Waals surface area contributed by atoms with Crippen LogP contribution in [0.15, 0.2) is 103 Å². The maximum absolute atomic E-state index is 14.3. The zero-order valence-electron chi connectivity index (χ0n) is 29.0. The molecule has 6 heteroatoms. The van der Waals surface area contributed by atoms with Crippen molar-refractivity contribution in [2.45, 2.75) is 92.5 Å². The van der Waals surface area contributed by atoms with Gasteiger partial charge in [0.15, 0.2) is 0 Å². The summed E-state index contributed by atoms with van der Waals surface area (Å²) in [6, 6.07) is 9.24. The topological polar surface area (TPSA) is 68.2 Å². The van der Waals surface area contributed by atoms with Gasteiger partial charge < -0.3 is 9.88 Å². The Bertz CT molecular complexity index is 1580. The van der Waals surface area contributed by atoms with Crippen LogP contribution in [0.1, 0.15) is 113 Å². The van der Waals surface area contributed by atoms with Gasteiger partial charge in [-0.15, -0.1) is 0 Å². The number of para-hydroxylation sites is 1. The summed E-state index contributed by atoms with van der Waals surface area (Å²) < 4.78 is 16.2. The number of allylic oxidation sites excluding steroid dienone is 12. The van der Waals surface area contributed by atoms with E-state index in [-0.39, 0.29) is 49.2 Å². The average molecular weight is 639 g/mol. The van der Waals surface area contributed by atoms with Gasteiger partial charge in [-0.05, 0) is 55.0 Å². The highest BCUT2D eigenvalue weighted by atomic mass is 19.1. The average Bonchev–Trinajstić information content (AvgIpc) is 3.17. The normalized spacial score (nSPS) is 12.8. The van der Waals surface area contributed by atoms with Crippen LogP contribution in [0, 0.1) is 0 Å². The quantitative estimate of drug-likeness (QED) is 0.113. The fourth-order valence-electron chi connectivity index (χ4n) is 5.51. The molecule has 1 aliphatic carbocycles. The molecular weight excluding hydrogens is 587 g/mol. The van der Waals surface area contributed by atoms with Crippen molar-refractivity contribution in [2.75, 3.05) is 5.32 Å². The van der Waals surface area contributed by atoms with E-state index >= 15 is 0 Å². The molecule has 0 bridgehead atoms. The van der Waals surface area contributed by atoms with E-state index in [1.165, 1.54) is 12.2 Å². The minimum Gasteiger partial charge on any atom is -0.343 e. The highest BCUT2D eigenvalue weighted by molar-refractivity contribution is 6.10. The Balaban J connectivity index is 0.00000376. The first-order chi connectivity index (χ1) is 22.6. The molecule has 0 saturated heterocycles. The number of Topliss-reactive ketones (excluding diaryl/α,β-unsaturated/α-hetero) is 2. The second-order valence-corrected chi connectivity index (χ2v) is 11.5. The van der Waals surface area contributed by atoms with Crippen molar-refractivity contribution in [3.63, 3.8) is 0 Å². The molecule has 2 aromatic rings. The number of carbonyl (C=O) groups is 3. The number of nitrogens with zero attached hydrogens (tertiary/aromatic N) is 1. The van der Waals surface area contributed by atoms with Gasteiger partial charge in [-0.25, -0.2) is 4.39 Å². The van der Waals surface area contributed by atoms with Crippen LogP contribution in [-0.2, 0) is 16.1 Å². The van der Waals surface area contributed by atoms with Gasteiger partial charge in [0.25, 0.3) is 5.91 Å². The number of amides is 1. The Kier molecular flexibility index (Phi) is 16.3. The standard InChI is InChI=1S/C39H45FN2O3.C2H6/c1-7-16-28(5)25-34(44)26-33(43)23-24-42-37(27(3)4)36(39(45)41-32-19-14-11-15-20-32)35(30-17-12-9-10-13-18-30)38(42)29(6)21-22-31(40)8-2;1-2/h8-15,17,19-22,27H,5-7,16,18,23-26H2,1-4H3,(H,41,45);1-2H3/b22-21-,31-8+;. The second-order valence-electron chi connectivity index (χ2n) is 11.5. The molecule has 1 heterocycles. The van der Waals surface area contributed by atoms with Crippen LogP contribution in [-0.4, -0.2) is 22.0 Å². The lowest BCUT2D eigenvalue weighted by molar-refractivity contribution is -0.126. The fourth-order valence-corrected chi connectivity index (χ4v) is 5.51. The molecule has 1 aliphatic rings. The van der Waals surface area contributed by atoms with Gasteiger partial charge in [0.05, 0.1) is 17.7 Å². The van der Waals surface area contributed by atoms with E-state index in [9.17, 15) is 18.8 Å². The van der Waals surface area contributed by atoms with Gasteiger partial charge >= 0.3 is 0 Å². The van der Waals surface area contributed by atoms with Crippen molar-refractivity contribution in [1.82, 2.24) is 4.57 Å². The SMILES string of the molecule is C=C(CCC)CC(=O)CC(=O)CCn1c(C(=C)/C=C\C(F)=C/C)c(C2=CC=CC=CC2)c(C(=O)Nc2ccccc2)c1C(C)C.CC. The Labute approximate surface area is 281 Å². The second kappa shape index (κ2) is 19.8. The first-order valence-corrected chi connectivity index (χ1v) is 16.6. The predicted molar refractivity (Wildman–Crippen MR) is 196 cm³/mol. The van der Waals surface area contributed by atoms with Crippen molar-refractivity contribution in [1.29, 1.82) is 0 Å². The van der Waals surface area contributed by atoms with Crippen molar-refractivity contribution < 1.29 is 18.8 Å². The molecule has 250 valence electrons. The van der Waals surface area contributed by atoms with Gasteiger partial charge in [-0.2, -0.15) is 0 Å². The maximum atomic E-state index is 14.3. The minimum absolute atomic E-state index is 0.0889. The summed E-state index contributed by atoms with van der Waals surface area (Å²) in [6.07, 6.45) is 16.4. The van der Waals surface area contributed by atoms with E-state index in [0.29, 0.717) is 34.5 Å². The van der Waals surface area contributed by atoms with Crippen molar-refractivity contribution in [2.24, 2.45) is 0 Å². The lowest BCUT2D eigenvalue weighted by atomic mass is 9.92. The van der Waals surface area contributed by atoms with Crippen molar-refractivity contribution in [3.05, 3.63) is 126 Å². The first-order valence-electron chi connectivity index (χ1n) is 16.6. The Hall–Kier alpha value is -4.58. The zero-order chi connectivity index (χ0) is 34.9. The van der Waals surface area contributed by atoms with E-state index in [1.54, 1.807) is 13.0 Å². The van der Waals surface area contributed by atoms with Crippen LogP contribution < -0.4 is 5.32 Å². The molecule has 1 N–H and O–H groups in total. The van der Waals surface area contributed by atoms with Gasteiger partial charge in [0.2, 0.25) is 0 Å². The van der Waals surface area contributed by atoms with Crippen LogP contribution in [0.25, 0.3) is 11.1 Å². The number of aromatic nitrogens is 1. The van der Waals surface area contributed by atoms with E-state index in [1.807, 2.05) is 99.9 Å². The number of ketones is 2. The zero-order valence-corrected chi connectivity index (χ0v) is 29.0. The van der Waals surface area contributed by atoms with Gasteiger partial charge in [-0.1, -0.05) is 121 Å². The molecule has 0 atom stereocenters. The third-order valence-corrected chi connectivity index (χ3v) is 7.51. The maximum Gasteiger partial charge on any atom is 0.258 e. The van der Waals surface area contributed by atoms with E-state index in [4.69, 9.17) is 0 Å². The molecule has 0 spiro atoms. The largest absolute Gasteiger partial charge is 0.343 e. The smallest absolute Gasteiger partial charge is 0.258 e. The summed E-state index contributed by atoms with van der Waals surface area (Å²) in [6.45, 7) is 20.1. The van der Waals surface area contributed by atoms with Crippen LogP contribution >= 0.6 is 0 Å². The molecule has 1 aromatic heterocycles. The minimum atomic E-state index is -0.417. The molecule has 3 rings (SSSR count). The number of benzene rings is 1. The Morgan fingerprint density at radius 2 is 1.68 bits per heavy atom. The monoisotopic (exact) mass is 638 g/mol. The molecule has 0 fully saturated rings. The third-order valence-electron chi connectivity index (χ3n) is 7.51. The molecular formula is C41H51FN2O3. The van der Waals surface area contributed by atoms with Crippen LogP contribution in [0.5, 0.6) is 0 Å². The molecule has 0 radical (unpaired) electrons. The number of halogens is 1. The Morgan fingerprint density at radius 1 is 0.979 bits per heavy atom. The number of carbonyl (C=O) groups excluding carboxylic acids is 3. The molecule has 1 amide bonds. The number of nitrogens with one attached hydrogen (secondary N) is 1. The first kappa shape index (κ1) is 38.6. The summed E-state index contributed by atoms with van der Waals surface area (Å²) in [5.41, 5.74) is 5.44. The van der Waals surface area contributed by atoms with Crippen molar-refractivity contribution >= 4 is 34.3 Å². The summed E-state index contributed by atoms with van der Waals surface area (Å²) >= 11 is 0. The summed E-state index contributed by atoms with van der Waals surface area (Å²) in [7, 11) is 0. The highest BCUT2D eigenvalue weighted by Gasteiger charge is 2.31. The van der Waals surface area contributed by atoms with Crippen LogP contribution in [0.4, 0.5) is 10.1 Å². The lowest BCUT2D eigenvalue weighted by Crippen LogP contribution is -2.18. The number of rotatable bonds is 16. The number of anilines is 1. The molecule has 5 nitrogen and oxygen atoms in total. The summed E-state index contributed by atoms with van der Waals surface area (Å²) in [5.74, 6) is -1.15. The van der Waals surface area contributed by atoms with Crippen LogP contribution in [0.2, 0.25) is 0 Å². The fraction of sp³-hybridized carbons (Fsp3) is 0.341. The lowest BCUT2D eigenvalue weighted by Gasteiger charge is -2.17. The van der Waals surface area contributed by atoms with Crippen molar-refractivity contribution in [3.8, 4) is 0 Å². The van der Waals surface area contributed by atoms with E-state index in [0.717, 1.165) is 29.7 Å². The third kappa shape index (κ3) is 11.3. The molecule has 47 heavy (non-hydrogen) atoms. The highest BCUT2D eigenvalue weighted by Crippen LogP contribution is 2.40. The summed E-state index contributed by atoms with van der Waals surface area (Å²) in [4.78, 5) is 39.9. The summed E-state index contributed by atoms with van der Waals surface area (Å²) in [5, 5.41) is 3.05. The van der Waals surface area contributed by atoms with E-state index < -0.39 is 5.83 Å². The predicted octanol–water partition coefficient (Wildman–Crippen LogP) is 10.9. The molecule has 0 unspecified atom stereocenters. The van der Waals surface area contributed by atoms with Gasteiger partial charge in [0.1, 0.15) is 17.4 Å². The molecule has 1 aromatic carbocycles. The molecule has 0 saturated carbocycles. The Morgan fingerprint density at radius 3 is 2.32 bits per heavy atom. The van der Waals surface area contributed by atoms with Gasteiger partial charge in [-0.3, -0.25) is 14.4 Å².